The lowest BCUT2D eigenvalue weighted by Crippen LogP contribution is -2.17. The lowest BCUT2D eigenvalue weighted by Gasteiger charge is -2.06. The molecule has 2 aromatic rings. The highest BCUT2D eigenvalue weighted by molar-refractivity contribution is 5.99. The van der Waals surface area contributed by atoms with Crippen molar-refractivity contribution in [2.45, 2.75) is 13.3 Å². The molecule has 1 aromatic heterocycles. The van der Waals surface area contributed by atoms with E-state index in [1.807, 2.05) is 6.92 Å². The largest absolute Gasteiger partial charge is 0.454 e. The summed E-state index contributed by atoms with van der Waals surface area (Å²) in [6.45, 7) is 1.06. The Kier molecular flexibility index (Phi) is 4.42. The average Bonchev–Trinajstić information content (AvgIpc) is 2.93. The van der Waals surface area contributed by atoms with Gasteiger partial charge in [-0.3, -0.25) is 9.89 Å². The first kappa shape index (κ1) is 14.8. The summed E-state index contributed by atoms with van der Waals surface area (Å²) in [5, 5.41) is 6.31. The summed E-state index contributed by atoms with van der Waals surface area (Å²) in [6, 6.07) is 3.07. The standard InChI is InChI=1S/C14H12F2N2O3/c1-2-11-8(6-17-18-11)14(20)21-7-12(19)13-9(15)4-3-5-10(13)16/h3-6H,2,7H2,1H3,(H,17,18). The molecule has 0 bridgehead atoms. The Labute approximate surface area is 118 Å². The molecule has 1 aromatic carbocycles. The Morgan fingerprint density at radius 3 is 2.57 bits per heavy atom. The van der Waals surface area contributed by atoms with E-state index in [4.69, 9.17) is 4.74 Å². The number of H-pyrrole nitrogens is 1. The van der Waals surface area contributed by atoms with Crippen molar-refractivity contribution in [2.24, 2.45) is 0 Å². The third-order valence-electron chi connectivity index (χ3n) is 2.87. The van der Waals surface area contributed by atoms with Gasteiger partial charge in [-0.05, 0) is 18.6 Å². The molecule has 0 radical (unpaired) electrons. The van der Waals surface area contributed by atoms with E-state index in [0.29, 0.717) is 12.1 Å². The molecule has 0 fully saturated rings. The summed E-state index contributed by atoms with van der Waals surface area (Å²) in [7, 11) is 0. The van der Waals surface area contributed by atoms with E-state index in [9.17, 15) is 18.4 Å². The van der Waals surface area contributed by atoms with Gasteiger partial charge in [0, 0.05) is 5.69 Å². The monoisotopic (exact) mass is 294 g/mol. The molecular formula is C14H12F2N2O3. The van der Waals surface area contributed by atoms with E-state index in [1.54, 1.807) is 0 Å². The minimum absolute atomic E-state index is 0.194. The van der Waals surface area contributed by atoms with E-state index in [0.717, 1.165) is 18.2 Å². The van der Waals surface area contributed by atoms with Gasteiger partial charge >= 0.3 is 5.97 Å². The number of hydrogen-bond donors (Lipinski definition) is 1. The number of ketones is 1. The van der Waals surface area contributed by atoms with Gasteiger partial charge in [0.1, 0.15) is 17.2 Å². The van der Waals surface area contributed by atoms with Crippen LogP contribution in [0.2, 0.25) is 0 Å². The van der Waals surface area contributed by atoms with Gasteiger partial charge in [-0.1, -0.05) is 13.0 Å². The summed E-state index contributed by atoms with van der Waals surface area (Å²) < 4.78 is 31.6. The number of carbonyl (C=O) groups excluding carboxylic acids is 2. The highest BCUT2D eigenvalue weighted by atomic mass is 19.1. The number of rotatable bonds is 5. The second kappa shape index (κ2) is 6.25. The predicted octanol–water partition coefficient (Wildman–Crippen LogP) is 2.29. The SMILES string of the molecule is CCc1[nH]ncc1C(=O)OCC(=O)c1c(F)cccc1F. The van der Waals surface area contributed by atoms with E-state index in [1.165, 1.54) is 6.20 Å². The minimum Gasteiger partial charge on any atom is -0.454 e. The first-order chi connectivity index (χ1) is 10.0. The van der Waals surface area contributed by atoms with Gasteiger partial charge in [0.05, 0.1) is 11.8 Å². The predicted molar refractivity (Wildman–Crippen MR) is 68.9 cm³/mol. The van der Waals surface area contributed by atoms with Crippen molar-refractivity contribution < 1.29 is 23.1 Å². The topological polar surface area (TPSA) is 72.1 Å². The summed E-state index contributed by atoms with van der Waals surface area (Å²) in [4.78, 5) is 23.5. The van der Waals surface area contributed by atoms with E-state index in [2.05, 4.69) is 10.2 Å². The zero-order chi connectivity index (χ0) is 15.4. The molecule has 0 aliphatic carbocycles. The lowest BCUT2D eigenvalue weighted by atomic mass is 10.1. The number of halogens is 2. The maximum Gasteiger partial charge on any atom is 0.342 e. The molecule has 5 nitrogen and oxygen atoms in total. The van der Waals surface area contributed by atoms with E-state index in [-0.39, 0.29) is 5.56 Å². The van der Waals surface area contributed by atoms with Crippen LogP contribution >= 0.6 is 0 Å². The number of ether oxygens (including phenoxy) is 1. The maximum absolute atomic E-state index is 13.4. The molecular weight excluding hydrogens is 282 g/mol. The molecule has 1 N–H and O–H groups in total. The number of aromatic amines is 1. The molecule has 110 valence electrons. The van der Waals surface area contributed by atoms with Crippen molar-refractivity contribution in [3.05, 3.63) is 52.9 Å². The minimum atomic E-state index is -0.992. The lowest BCUT2D eigenvalue weighted by molar-refractivity contribution is 0.0471. The molecule has 1 heterocycles. The second-order valence-corrected chi connectivity index (χ2v) is 4.21. The first-order valence-electron chi connectivity index (χ1n) is 6.21. The number of hydrogen-bond acceptors (Lipinski definition) is 4. The van der Waals surface area contributed by atoms with Gasteiger partial charge in [-0.2, -0.15) is 5.10 Å². The van der Waals surface area contributed by atoms with Crippen LogP contribution in [0.1, 0.15) is 33.3 Å². The van der Waals surface area contributed by atoms with E-state index < -0.39 is 35.6 Å². The molecule has 0 spiro atoms. The number of esters is 1. The molecule has 0 amide bonds. The van der Waals surface area contributed by atoms with Crippen LogP contribution < -0.4 is 0 Å². The smallest absolute Gasteiger partial charge is 0.342 e. The van der Waals surface area contributed by atoms with Crippen LogP contribution in [0.4, 0.5) is 8.78 Å². The summed E-state index contributed by atoms with van der Waals surface area (Å²) in [5.74, 6) is -3.70. The van der Waals surface area contributed by atoms with Gasteiger partial charge < -0.3 is 4.74 Å². The summed E-state index contributed by atoms with van der Waals surface area (Å²) in [5.41, 5.74) is 0.0389. The average molecular weight is 294 g/mol. The molecule has 2 rings (SSSR count). The molecule has 0 unspecified atom stereocenters. The highest BCUT2D eigenvalue weighted by Crippen LogP contribution is 2.14. The number of Topliss-reactive ketones (excluding diaryl/α,β-unsaturated/α-hetero) is 1. The molecule has 0 aliphatic heterocycles. The van der Waals surface area contributed by atoms with Gasteiger partial charge in [-0.15, -0.1) is 0 Å². The third-order valence-corrected chi connectivity index (χ3v) is 2.87. The quantitative estimate of drug-likeness (QED) is 0.678. The van der Waals surface area contributed by atoms with Crippen LogP contribution in [0.15, 0.2) is 24.4 Å². The molecule has 0 aliphatic rings. The van der Waals surface area contributed by atoms with Crippen molar-refractivity contribution in [1.82, 2.24) is 10.2 Å². The molecule has 0 saturated carbocycles. The van der Waals surface area contributed by atoms with Crippen molar-refractivity contribution in [3.8, 4) is 0 Å². The number of aryl methyl sites for hydroxylation is 1. The Balaban J connectivity index is 2.06. The van der Waals surface area contributed by atoms with Crippen LogP contribution in [-0.2, 0) is 11.2 Å². The van der Waals surface area contributed by atoms with Gasteiger partial charge in [0.25, 0.3) is 0 Å². The van der Waals surface area contributed by atoms with Crippen molar-refractivity contribution in [1.29, 1.82) is 0 Å². The summed E-state index contributed by atoms with van der Waals surface area (Å²) >= 11 is 0. The number of nitrogens with one attached hydrogen (secondary N) is 1. The zero-order valence-corrected chi connectivity index (χ0v) is 11.2. The highest BCUT2D eigenvalue weighted by Gasteiger charge is 2.20. The Bertz CT molecular complexity index is 662. The third kappa shape index (κ3) is 3.13. The van der Waals surface area contributed by atoms with Crippen LogP contribution in [0.5, 0.6) is 0 Å². The van der Waals surface area contributed by atoms with Crippen LogP contribution in [0, 0.1) is 11.6 Å². The maximum atomic E-state index is 13.4. The van der Waals surface area contributed by atoms with Crippen molar-refractivity contribution >= 4 is 11.8 Å². The fourth-order valence-corrected chi connectivity index (χ4v) is 1.80. The zero-order valence-electron chi connectivity index (χ0n) is 11.2. The van der Waals surface area contributed by atoms with E-state index >= 15 is 0 Å². The van der Waals surface area contributed by atoms with Crippen LogP contribution in [0.25, 0.3) is 0 Å². The normalized spacial score (nSPS) is 10.4. The first-order valence-corrected chi connectivity index (χ1v) is 6.21. The Hall–Kier alpha value is -2.57. The fraction of sp³-hybridized carbons (Fsp3) is 0.214. The number of nitrogens with zero attached hydrogens (tertiary/aromatic N) is 1. The van der Waals surface area contributed by atoms with Crippen molar-refractivity contribution in [3.63, 3.8) is 0 Å². The number of carbonyl (C=O) groups is 2. The molecule has 0 atom stereocenters. The summed E-state index contributed by atoms with van der Waals surface area (Å²) in [6.07, 6.45) is 1.80. The number of benzene rings is 1. The Morgan fingerprint density at radius 1 is 1.29 bits per heavy atom. The number of aromatic nitrogens is 2. The van der Waals surface area contributed by atoms with Gasteiger partial charge in [0.2, 0.25) is 5.78 Å². The van der Waals surface area contributed by atoms with Gasteiger partial charge in [-0.25, -0.2) is 13.6 Å². The molecule has 0 saturated heterocycles. The van der Waals surface area contributed by atoms with Crippen LogP contribution in [-0.4, -0.2) is 28.6 Å². The van der Waals surface area contributed by atoms with Gasteiger partial charge in [0.15, 0.2) is 6.61 Å². The van der Waals surface area contributed by atoms with Crippen molar-refractivity contribution in [2.75, 3.05) is 6.61 Å². The molecule has 7 heteroatoms. The van der Waals surface area contributed by atoms with Crippen LogP contribution in [0.3, 0.4) is 0 Å². The second-order valence-electron chi connectivity index (χ2n) is 4.21. The Morgan fingerprint density at radius 2 is 1.95 bits per heavy atom. The molecule has 21 heavy (non-hydrogen) atoms. The fourth-order valence-electron chi connectivity index (χ4n) is 1.80.